The summed E-state index contributed by atoms with van der Waals surface area (Å²) >= 11 is 0. The third-order valence-electron chi connectivity index (χ3n) is 3.38. The number of hydrogen-bond acceptors (Lipinski definition) is 1. The molecule has 0 aliphatic carbocycles. The summed E-state index contributed by atoms with van der Waals surface area (Å²) in [5.74, 6) is 0. The lowest BCUT2D eigenvalue weighted by Gasteiger charge is -2.11. The molecule has 0 spiro atoms. The van der Waals surface area contributed by atoms with Gasteiger partial charge in [-0.3, -0.25) is 0 Å². The van der Waals surface area contributed by atoms with Gasteiger partial charge in [0.15, 0.2) is 0 Å². The summed E-state index contributed by atoms with van der Waals surface area (Å²) in [5.41, 5.74) is 6.65. The maximum Gasteiger partial charge on any atom is 0.0384 e. The van der Waals surface area contributed by atoms with Gasteiger partial charge in [0.05, 0.1) is 0 Å². The Morgan fingerprint density at radius 3 is 1.95 bits per heavy atom. The first-order chi connectivity index (χ1) is 9.60. The number of aryl methyl sites for hydroxylation is 1. The van der Waals surface area contributed by atoms with Crippen molar-refractivity contribution in [3.05, 3.63) is 78.4 Å². The number of benzene rings is 2. The van der Waals surface area contributed by atoms with E-state index in [-0.39, 0.29) is 0 Å². The van der Waals surface area contributed by atoms with Gasteiger partial charge in [-0.2, -0.15) is 0 Å². The lowest BCUT2D eigenvalue weighted by Crippen LogP contribution is -1.97. The molecule has 0 radical (unpaired) electrons. The van der Waals surface area contributed by atoms with E-state index in [0.29, 0.717) is 0 Å². The van der Waals surface area contributed by atoms with Crippen molar-refractivity contribution >= 4 is 17.0 Å². The van der Waals surface area contributed by atoms with Gasteiger partial charge in [0, 0.05) is 11.4 Å². The first-order valence-electron chi connectivity index (χ1n) is 6.91. The standard InChI is InChI=1S/C19H21N/c1-5-16-6-8-18(9-7-16)15(4)20-19-12-10-17(11-13-19)14(2)3/h6-13,20H,2,4-5H2,1,3H3. The Hall–Kier alpha value is -2.28. The molecule has 0 bridgehead atoms. The summed E-state index contributed by atoms with van der Waals surface area (Å²) in [5, 5.41) is 3.34. The van der Waals surface area contributed by atoms with Crippen molar-refractivity contribution in [1.82, 2.24) is 0 Å². The molecule has 0 heterocycles. The van der Waals surface area contributed by atoms with E-state index in [1.54, 1.807) is 0 Å². The molecule has 102 valence electrons. The number of rotatable bonds is 5. The highest BCUT2D eigenvalue weighted by Crippen LogP contribution is 2.20. The van der Waals surface area contributed by atoms with Crippen LogP contribution in [0, 0.1) is 0 Å². The molecule has 0 atom stereocenters. The molecule has 0 saturated heterocycles. The van der Waals surface area contributed by atoms with Gasteiger partial charge in [0.2, 0.25) is 0 Å². The molecule has 2 aromatic rings. The van der Waals surface area contributed by atoms with Gasteiger partial charge in [-0.05, 0) is 42.2 Å². The molecule has 0 fully saturated rings. The molecule has 1 nitrogen and oxygen atoms in total. The molecular weight excluding hydrogens is 242 g/mol. The zero-order chi connectivity index (χ0) is 14.5. The molecule has 0 amide bonds. The third-order valence-corrected chi connectivity index (χ3v) is 3.38. The predicted octanol–water partition coefficient (Wildman–Crippen LogP) is 5.36. The quantitative estimate of drug-likeness (QED) is 0.765. The van der Waals surface area contributed by atoms with Gasteiger partial charge in [-0.25, -0.2) is 0 Å². The third kappa shape index (κ3) is 3.39. The maximum atomic E-state index is 4.10. The number of hydrogen-bond donors (Lipinski definition) is 1. The molecule has 2 aromatic carbocycles. The molecule has 0 unspecified atom stereocenters. The largest absolute Gasteiger partial charge is 0.356 e. The minimum Gasteiger partial charge on any atom is -0.356 e. The van der Waals surface area contributed by atoms with Gasteiger partial charge >= 0.3 is 0 Å². The number of nitrogens with one attached hydrogen (secondary N) is 1. The number of anilines is 1. The Morgan fingerprint density at radius 2 is 1.45 bits per heavy atom. The van der Waals surface area contributed by atoms with Crippen LogP contribution in [-0.2, 0) is 6.42 Å². The Balaban J connectivity index is 2.08. The minimum atomic E-state index is 0.913. The minimum absolute atomic E-state index is 0.913. The van der Waals surface area contributed by atoms with Crippen molar-refractivity contribution in [2.24, 2.45) is 0 Å². The van der Waals surface area contributed by atoms with Gasteiger partial charge in [-0.1, -0.05) is 62.1 Å². The highest BCUT2D eigenvalue weighted by atomic mass is 14.9. The van der Waals surface area contributed by atoms with Crippen LogP contribution in [0.15, 0.2) is 61.7 Å². The van der Waals surface area contributed by atoms with Crippen LogP contribution >= 0.6 is 0 Å². The fraction of sp³-hybridized carbons (Fsp3) is 0.158. The van der Waals surface area contributed by atoms with Crippen LogP contribution in [0.3, 0.4) is 0 Å². The van der Waals surface area contributed by atoms with Crippen molar-refractivity contribution < 1.29 is 0 Å². The number of allylic oxidation sites excluding steroid dienone is 1. The van der Waals surface area contributed by atoms with Gasteiger partial charge in [0.25, 0.3) is 0 Å². The Morgan fingerprint density at radius 1 is 0.900 bits per heavy atom. The molecule has 20 heavy (non-hydrogen) atoms. The van der Waals surface area contributed by atoms with E-state index in [2.05, 4.69) is 73.9 Å². The van der Waals surface area contributed by atoms with Gasteiger partial charge < -0.3 is 5.32 Å². The second kappa shape index (κ2) is 6.25. The lowest BCUT2D eigenvalue weighted by atomic mass is 10.1. The Bertz CT molecular complexity index is 603. The summed E-state index contributed by atoms with van der Waals surface area (Å²) in [7, 11) is 0. The van der Waals surface area contributed by atoms with E-state index in [9.17, 15) is 0 Å². The van der Waals surface area contributed by atoms with Crippen LogP contribution in [0.1, 0.15) is 30.5 Å². The highest BCUT2D eigenvalue weighted by molar-refractivity contribution is 5.76. The maximum absolute atomic E-state index is 4.10. The normalized spacial score (nSPS) is 10.1. The summed E-state index contributed by atoms with van der Waals surface area (Å²) < 4.78 is 0. The van der Waals surface area contributed by atoms with Crippen molar-refractivity contribution in [1.29, 1.82) is 0 Å². The smallest absolute Gasteiger partial charge is 0.0384 e. The first kappa shape index (κ1) is 14.1. The molecule has 0 aliphatic rings. The SMILES string of the molecule is C=C(C)c1ccc(NC(=C)c2ccc(CC)cc2)cc1. The fourth-order valence-electron chi connectivity index (χ4n) is 2.03. The average molecular weight is 263 g/mol. The second-order valence-corrected chi connectivity index (χ2v) is 5.01. The zero-order valence-corrected chi connectivity index (χ0v) is 12.2. The molecule has 1 heteroatoms. The van der Waals surface area contributed by atoms with E-state index in [1.807, 2.05) is 6.92 Å². The lowest BCUT2D eigenvalue weighted by molar-refractivity contribution is 1.14. The molecule has 0 aromatic heterocycles. The van der Waals surface area contributed by atoms with E-state index < -0.39 is 0 Å². The van der Waals surface area contributed by atoms with Crippen LogP contribution in [0.5, 0.6) is 0 Å². The molecule has 2 rings (SSSR count). The van der Waals surface area contributed by atoms with Gasteiger partial charge in [-0.15, -0.1) is 0 Å². The van der Waals surface area contributed by atoms with Crippen LogP contribution in [0.4, 0.5) is 5.69 Å². The van der Waals surface area contributed by atoms with Gasteiger partial charge in [0.1, 0.15) is 0 Å². The summed E-state index contributed by atoms with van der Waals surface area (Å²) in [6, 6.07) is 16.7. The van der Waals surface area contributed by atoms with Crippen LogP contribution < -0.4 is 5.32 Å². The monoisotopic (exact) mass is 263 g/mol. The van der Waals surface area contributed by atoms with Crippen LogP contribution in [-0.4, -0.2) is 0 Å². The Labute approximate surface area is 121 Å². The topological polar surface area (TPSA) is 12.0 Å². The van der Waals surface area contributed by atoms with E-state index >= 15 is 0 Å². The van der Waals surface area contributed by atoms with Crippen molar-refractivity contribution in [2.75, 3.05) is 5.32 Å². The van der Waals surface area contributed by atoms with E-state index in [0.717, 1.165) is 34.5 Å². The van der Waals surface area contributed by atoms with Crippen LogP contribution in [0.25, 0.3) is 11.3 Å². The van der Waals surface area contributed by atoms with Crippen molar-refractivity contribution in [3.8, 4) is 0 Å². The van der Waals surface area contributed by atoms with E-state index in [4.69, 9.17) is 0 Å². The van der Waals surface area contributed by atoms with Crippen molar-refractivity contribution in [2.45, 2.75) is 20.3 Å². The highest BCUT2D eigenvalue weighted by Gasteiger charge is 2.00. The summed E-state index contributed by atoms with van der Waals surface area (Å²) in [6.07, 6.45) is 1.06. The summed E-state index contributed by atoms with van der Waals surface area (Å²) in [4.78, 5) is 0. The molecule has 0 aliphatic heterocycles. The second-order valence-electron chi connectivity index (χ2n) is 5.01. The molecular formula is C19H21N. The average Bonchev–Trinajstić information content (AvgIpc) is 2.48. The zero-order valence-electron chi connectivity index (χ0n) is 12.2. The van der Waals surface area contributed by atoms with Crippen molar-refractivity contribution in [3.63, 3.8) is 0 Å². The van der Waals surface area contributed by atoms with Crippen LogP contribution in [0.2, 0.25) is 0 Å². The Kier molecular flexibility index (Phi) is 4.41. The predicted molar refractivity (Wildman–Crippen MR) is 89.6 cm³/mol. The molecule has 1 N–H and O–H groups in total. The molecule has 0 saturated carbocycles. The first-order valence-corrected chi connectivity index (χ1v) is 6.91. The summed E-state index contributed by atoms with van der Waals surface area (Å²) in [6.45, 7) is 12.2. The fourth-order valence-corrected chi connectivity index (χ4v) is 2.03. The van der Waals surface area contributed by atoms with E-state index in [1.165, 1.54) is 5.56 Å².